The first kappa shape index (κ1) is 21.7. The number of benzene rings is 2. The maximum Gasteiger partial charge on any atom is 0.338 e. The molecule has 2 rings (SSSR count). The summed E-state index contributed by atoms with van der Waals surface area (Å²) in [6.07, 6.45) is 7.33. The Morgan fingerprint density at radius 3 is 2.07 bits per heavy atom. The van der Waals surface area contributed by atoms with Crippen LogP contribution < -0.4 is 4.74 Å². The summed E-state index contributed by atoms with van der Waals surface area (Å²) in [4.78, 5) is 24.2. The Labute approximate surface area is 167 Å². The lowest BCUT2D eigenvalue weighted by molar-refractivity contribution is 0.0474. The second-order valence-corrected chi connectivity index (χ2v) is 7.01. The average Bonchev–Trinajstić information content (AvgIpc) is 2.72. The van der Waals surface area contributed by atoms with Gasteiger partial charge in [-0.3, -0.25) is 4.79 Å². The molecule has 0 bridgehead atoms. The lowest BCUT2D eigenvalue weighted by Crippen LogP contribution is -2.14. The smallest absolute Gasteiger partial charge is 0.338 e. The van der Waals surface area contributed by atoms with Gasteiger partial charge in [0.25, 0.3) is 0 Å². The first-order valence-electron chi connectivity index (χ1n) is 10.1. The molecule has 0 saturated carbocycles. The second kappa shape index (κ2) is 12.0. The van der Waals surface area contributed by atoms with Crippen molar-refractivity contribution in [2.75, 3.05) is 13.2 Å². The zero-order valence-electron chi connectivity index (χ0n) is 16.9. The fourth-order valence-corrected chi connectivity index (χ4v) is 2.80. The van der Waals surface area contributed by atoms with Gasteiger partial charge in [0.05, 0.1) is 12.2 Å². The zero-order valence-corrected chi connectivity index (χ0v) is 16.9. The standard InChI is InChI=1S/C24H30O4/c1-3-4-5-6-7-8-17-27-22-15-13-20(14-16-22)23(25)18-28-24(26)21-11-9-19(2)10-12-21/h9-16H,3-8,17-18H2,1-2H3. The molecule has 0 atom stereocenters. The van der Waals surface area contributed by atoms with Crippen molar-refractivity contribution in [2.24, 2.45) is 0 Å². The number of carbonyl (C=O) groups excluding carboxylic acids is 2. The minimum absolute atomic E-state index is 0.233. The van der Waals surface area contributed by atoms with E-state index in [-0.39, 0.29) is 12.4 Å². The monoisotopic (exact) mass is 382 g/mol. The highest BCUT2D eigenvalue weighted by Gasteiger charge is 2.12. The number of aryl methyl sites for hydroxylation is 1. The van der Waals surface area contributed by atoms with Crippen LogP contribution in [0.15, 0.2) is 48.5 Å². The fraction of sp³-hybridized carbons (Fsp3) is 0.417. The van der Waals surface area contributed by atoms with Crippen LogP contribution in [0.3, 0.4) is 0 Å². The molecule has 0 aliphatic heterocycles. The quantitative estimate of drug-likeness (QED) is 0.265. The largest absolute Gasteiger partial charge is 0.494 e. The minimum atomic E-state index is -0.493. The summed E-state index contributed by atoms with van der Waals surface area (Å²) in [5.74, 6) is 0.0249. The molecule has 0 spiro atoms. The van der Waals surface area contributed by atoms with Crippen LogP contribution in [0.2, 0.25) is 0 Å². The van der Waals surface area contributed by atoms with Crippen LogP contribution in [0.25, 0.3) is 0 Å². The molecule has 0 radical (unpaired) electrons. The first-order valence-corrected chi connectivity index (χ1v) is 10.1. The molecule has 0 heterocycles. The molecule has 0 amide bonds. The van der Waals surface area contributed by atoms with Gasteiger partial charge in [0.2, 0.25) is 0 Å². The van der Waals surface area contributed by atoms with E-state index in [1.807, 2.05) is 19.1 Å². The normalized spacial score (nSPS) is 10.5. The van der Waals surface area contributed by atoms with Crippen LogP contribution in [0.5, 0.6) is 5.75 Å². The number of ketones is 1. The van der Waals surface area contributed by atoms with Gasteiger partial charge < -0.3 is 9.47 Å². The van der Waals surface area contributed by atoms with Crippen molar-refractivity contribution in [3.8, 4) is 5.75 Å². The van der Waals surface area contributed by atoms with Gasteiger partial charge in [-0.05, 0) is 49.7 Å². The van der Waals surface area contributed by atoms with Crippen LogP contribution in [0, 0.1) is 6.92 Å². The maximum absolute atomic E-state index is 12.2. The molecule has 0 fully saturated rings. The summed E-state index contributed by atoms with van der Waals surface area (Å²) in [6, 6.07) is 14.0. The maximum atomic E-state index is 12.2. The number of unbranched alkanes of at least 4 members (excludes halogenated alkanes) is 5. The summed E-state index contributed by atoms with van der Waals surface area (Å²) in [5, 5.41) is 0. The van der Waals surface area contributed by atoms with E-state index in [1.54, 1.807) is 36.4 Å². The highest BCUT2D eigenvalue weighted by Crippen LogP contribution is 2.14. The Balaban J connectivity index is 1.71. The van der Waals surface area contributed by atoms with Crippen LogP contribution in [-0.2, 0) is 4.74 Å². The van der Waals surface area contributed by atoms with Crippen molar-refractivity contribution in [1.82, 2.24) is 0 Å². The van der Waals surface area contributed by atoms with Gasteiger partial charge in [0.15, 0.2) is 12.4 Å². The Hall–Kier alpha value is -2.62. The van der Waals surface area contributed by atoms with Gasteiger partial charge in [-0.1, -0.05) is 56.7 Å². The molecule has 0 aliphatic rings. The lowest BCUT2D eigenvalue weighted by atomic mass is 10.1. The molecule has 0 aromatic heterocycles. The predicted octanol–water partition coefficient (Wildman–Crippen LogP) is 5.77. The van der Waals surface area contributed by atoms with E-state index in [4.69, 9.17) is 9.47 Å². The average molecular weight is 383 g/mol. The molecular weight excluding hydrogens is 352 g/mol. The van der Waals surface area contributed by atoms with Crippen LogP contribution >= 0.6 is 0 Å². The van der Waals surface area contributed by atoms with Crippen molar-refractivity contribution in [1.29, 1.82) is 0 Å². The SMILES string of the molecule is CCCCCCCCOc1ccc(C(=O)COC(=O)c2ccc(C)cc2)cc1. The molecule has 0 unspecified atom stereocenters. The van der Waals surface area contributed by atoms with Crippen LogP contribution in [0.4, 0.5) is 0 Å². The van der Waals surface area contributed by atoms with Gasteiger partial charge in [-0.2, -0.15) is 0 Å². The van der Waals surface area contributed by atoms with Crippen molar-refractivity contribution in [3.05, 3.63) is 65.2 Å². The number of esters is 1. The van der Waals surface area contributed by atoms with Crippen molar-refractivity contribution in [3.63, 3.8) is 0 Å². The summed E-state index contributed by atoms with van der Waals surface area (Å²) in [6.45, 7) is 4.57. The molecule has 0 N–H and O–H groups in total. The van der Waals surface area contributed by atoms with E-state index < -0.39 is 5.97 Å². The molecule has 4 nitrogen and oxygen atoms in total. The Bertz CT molecular complexity index is 732. The van der Waals surface area contributed by atoms with Gasteiger partial charge in [-0.15, -0.1) is 0 Å². The molecule has 0 aliphatic carbocycles. The number of carbonyl (C=O) groups is 2. The summed E-state index contributed by atoms with van der Waals surface area (Å²) in [7, 11) is 0. The fourth-order valence-electron chi connectivity index (χ4n) is 2.80. The highest BCUT2D eigenvalue weighted by atomic mass is 16.5. The van der Waals surface area contributed by atoms with Crippen LogP contribution in [-0.4, -0.2) is 25.0 Å². The molecule has 2 aromatic carbocycles. The van der Waals surface area contributed by atoms with E-state index in [2.05, 4.69) is 6.92 Å². The Morgan fingerprint density at radius 1 is 0.786 bits per heavy atom. The highest BCUT2D eigenvalue weighted by molar-refractivity contribution is 5.99. The van der Waals surface area contributed by atoms with Crippen molar-refractivity contribution >= 4 is 11.8 Å². The molecule has 2 aromatic rings. The number of Topliss-reactive ketones (excluding diaryl/α,β-unsaturated/α-hetero) is 1. The predicted molar refractivity (Wildman–Crippen MR) is 111 cm³/mol. The summed E-state index contributed by atoms with van der Waals surface area (Å²) >= 11 is 0. The van der Waals surface area contributed by atoms with E-state index in [0.29, 0.717) is 17.7 Å². The van der Waals surface area contributed by atoms with E-state index in [0.717, 1.165) is 17.7 Å². The topological polar surface area (TPSA) is 52.6 Å². The lowest BCUT2D eigenvalue weighted by Gasteiger charge is -2.08. The third-order valence-electron chi connectivity index (χ3n) is 4.56. The van der Waals surface area contributed by atoms with E-state index in [1.165, 1.54) is 32.1 Å². The Morgan fingerprint density at radius 2 is 1.39 bits per heavy atom. The van der Waals surface area contributed by atoms with Crippen molar-refractivity contribution in [2.45, 2.75) is 52.4 Å². The number of ether oxygens (including phenoxy) is 2. The Kier molecular flexibility index (Phi) is 9.26. The minimum Gasteiger partial charge on any atom is -0.494 e. The molecule has 4 heteroatoms. The zero-order chi connectivity index (χ0) is 20.2. The van der Waals surface area contributed by atoms with Gasteiger partial charge in [0.1, 0.15) is 5.75 Å². The van der Waals surface area contributed by atoms with Gasteiger partial charge in [-0.25, -0.2) is 4.79 Å². The number of rotatable bonds is 12. The van der Waals surface area contributed by atoms with Crippen molar-refractivity contribution < 1.29 is 19.1 Å². The third kappa shape index (κ3) is 7.55. The molecule has 28 heavy (non-hydrogen) atoms. The summed E-state index contributed by atoms with van der Waals surface area (Å²) in [5.41, 5.74) is 2.01. The van der Waals surface area contributed by atoms with Gasteiger partial charge >= 0.3 is 5.97 Å². The first-order chi connectivity index (χ1) is 13.6. The molecule has 0 saturated heterocycles. The molecular formula is C24H30O4. The summed E-state index contributed by atoms with van der Waals surface area (Å²) < 4.78 is 10.8. The number of hydrogen-bond donors (Lipinski definition) is 0. The van der Waals surface area contributed by atoms with E-state index in [9.17, 15) is 9.59 Å². The van der Waals surface area contributed by atoms with Gasteiger partial charge in [0, 0.05) is 5.56 Å². The van der Waals surface area contributed by atoms with E-state index >= 15 is 0 Å². The third-order valence-corrected chi connectivity index (χ3v) is 4.56. The number of hydrogen-bond acceptors (Lipinski definition) is 4. The second-order valence-electron chi connectivity index (χ2n) is 7.01. The molecule has 150 valence electrons. The van der Waals surface area contributed by atoms with Crippen LogP contribution in [0.1, 0.15) is 71.7 Å².